The molecular weight excluding hydrogens is 168 g/mol. The predicted molar refractivity (Wildman–Crippen MR) is 50.4 cm³/mol. The molecule has 1 amide bonds. The van der Waals surface area contributed by atoms with Gasteiger partial charge in [0.25, 0.3) is 0 Å². The van der Waals surface area contributed by atoms with Gasteiger partial charge in [0.05, 0.1) is 12.1 Å². The molecule has 2 atom stereocenters. The second-order valence-corrected chi connectivity index (χ2v) is 3.05. The Balaban J connectivity index is 2.39. The van der Waals surface area contributed by atoms with Crippen LogP contribution in [0.4, 0.5) is 0 Å². The van der Waals surface area contributed by atoms with E-state index >= 15 is 0 Å². The summed E-state index contributed by atoms with van der Waals surface area (Å²) in [7, 11) is 1.66. The van der Waals surface area contributed by atoms with Gasteiger partial charge >= 0.3 is 0 Å². The Morgan fingerprint density at radius 3 is 3.00 bits per heavy atom. The molecule has 1 aliphatic rings. The number of nitrogens with one attached hydrogen (secondary N) is 2. The van der Waals surface area contributed by atoms with Crippen molar-refractivity contribution in [3.8, 4) is 0 Å². The molecular formula is C9H16N2O2. The maximum absolute atomic E-state index is 11.2. The summed E-state index contributed by atoms with van der Waals surface area (Å²) >= 11 is 0. The van der Waals surface area contributed by atoms with E-state index < -0.39 is 0 Å². The number of allylic oxidation sites excluding steroid dienone is 1. The second kappa shape index (κ2) is 4.99. The van der Waals surface area contributed by atoms with Gasteiger partial charge in [0.1, 0.15) is 0 Å². The van der Waals surface area contributed by atoms with E-state index in [1.54, 1.807) is 13.2 Å². The number of hydrogen-bond donors (Lipinski definition) is 2. The summed E-state index contributed by atoms with van der Waals surface area (Å²) in [6.45, 7) is 3.40. The first-order valence-corrected chi connectivity index (χ1v) is 4.44. The van der Waals surface area contributed by atoms with Gasteiger partial charge in [-0.05, 0) is 13.0 Å². The summed E-state index contributed by atoms with van der Waals surface area (Å²) < 4.78 is 5.20. The molecule has 0 aliphatic carbocycles. The Hall–Kier alpha value is -0.870. The van der Waals surface area contributed by atoms with Gasteiger partial charge in [-0.25, -0.2) is 0 Å². The topological polar surface area (TPSA) is 50.4 Å². The molecule has 0 radical (unpaired) electrons. The molecule has 0 saturated carbocycles. The Kier molecular flexibility index (Phi) is 3.92. The minimum absolute atomic E-state index is 0.0572. The molecule has 74 valence electrons. The standard InChI is InChI=1S/C9H16N2O2/c1-3-4-9(12)11-7-5-10-6-8(7)13-2/h3-4,7-8,10H,5-6H2,1-2H3,(H,11,12)/t7?,8-/m0/s1. The number of amides is 1. The fraction of sp³-hybridized carbons (Fsp3) is 0.667. The maximum Gasteiger partial charge on any atom is 0.243 e. The lowest BCUT2D eigenvalue weighted by atomic mass is 10.2. The van der Waals surface area contributed by atoms with E-state index in [9.17, 15) is 4.79 Å². The molecule has 13 heavy (non-hydrogen) atoms. The van der Waals surface area contributed by atoms with Crippen LogP contribution in [0.1, 0.15) is 6.92 Å². The Labute approximate surface area is 78.3 Å². The van der Waals surface area contributed by atoms with Crippen LogP contribution in [-0.2, 0) is 9.53 Å². The van der Waals surface area contributed by atoms with Crippen molar-refractivity contribution in [2.45, 2.75) is 19.1 Å². The maximum atomic E-state index is 11.2. The highest BCUT2D eigenvalue weighted by Gasteiger charge is 2.27. The zero-order valence-corrected chi connectivity index (χ0v) is 8.04. The van der Waals surface area contributed by atoms with Crippen LogP contribution in [-0.4, -0.2) is 38.3 Å². The van der Waals surface area contributed by atoms with E-state index in [4.69, 9.17) is 4.74 Å². The normalized spacial score (nSPS) is 28.2. The Morgan fingerprint density at radius 2 is 2.38 bits per heavy atom. The molecule has 1 rings (SSSR count). The molecule has 1 saturated heterocycles. The average molecular weight is 184 g/mol. The van der Waals surface area contributed by atoms with E-state index in [2.05, 4.69) is 10.6 Å². The summed E-state index contributed by atoms with van der Waals surface area (Å²) in [5, 5.41) is 6.02. The monoisotopic (exact) mass is 184 g/mol. The van der Waals surface area contributed by atoms with Crippen LogP contribution in [0.5, 0.6) is 0 Å². The van der Waals surface area contributed by atoms with Crippen molar-refractivity contribution in [2.75, 3.05) is 20.2 Å². The van der Waals surface area contributed by atoms with E-state index in [0.29, 0.717) is 0 Å². The number of carbonyl (C=O) groups excluding carboxylic acids is 1. The molecule has 4 heteroatoms. The summed E-state index contributed by atoms with van der Waals surface area (Å²) in [5.74, 6) is -0.0572. The van der Waals surface area contributed by atoms with E-state index in [1.807, 2.05) is 6.92 Å². The Morgan fingerprint density at radius 1 is 1.62 bits per heavy atom. The van der Waals surface area contributed by atoms with Gasteiger partial charge < -0.3 is 15.4 Å². The molecule has 1 heterocycles. The molecule has 0 spiro atoms. The first kappa shape index (κ1) is 10.2. The van der Waals surface area contributed by atoms with Crippen molar-refractivity contribution in [3.05, 3.63) is 12.2 Å². The van der Waals surface area contributed by atoms with Gasteiger partial charge in [-0.3, -0.25) is 4.79 Å². The number of ether oxygens (including phenoxy) is 1. The average Bonchev–Trinajstić information content (AvgIpc) is 2.52. The van der Waals surface area contributed by atoms with Gasteiger partial charge in [-0.2, -0.15) is 0 Å². The molecule has 0 aromatic rings. The van der Waals surface area contributed by atoms with Gasteiger partial charge in [-0.15, -0.1) is 0 Å². The molecule has 0 aromatic heterocycles. The van der Waals surface area contributed by atoms with E-state index in [-0.39, 0.29) is 18.1 Å². The minimum atomic E-state index is -0.0572. The number of methoxy groups -OCH3 is 1. The lowest BCUT2D eigenvalue weighted by Gasteiger charge is -2.17. The highest BCUT2D eigenvalue weighted by atomic mass is 16.5. The fourth-order valence-electron chi connectivity index (χ4n) is 1.43. The SMILES string of the molecule is CC=CC(=O)NC1CNC[C@@H]1OC. The van der Waals surface area contributed by atoms with Crippen molar-refractivity contribution in [3.63, 3.8) is 0 Å². The summed E-state index contributed by atoms with van der Waals surface area (Å²) in [6, 6.07) is 0.0914. The van der Waals surface area contributed by atoms with Crippen molar-refractivity contribution in [2.24, 2.45) is 0 Å². The van der Waals surface area contributed by atoms with Crippen LogP contribution < -0.4 is 10.6 Å². The molecule has 1 aliphatic heterocycles. The largest absolute Gasteiger partial charge is 0.378 e. The van der Waals surface area contributed by atoms with Crippen molar-refractivity contribution >= 4 is 5.91 Å². The van der Waals surface area contributed by atoms with E-state index in [1.165, 1.54) is 6.08 Å². The van der Waals surface area contributed by atoms with Crippen LogP contribution in [0.25, 0.3) is 0 Å². The first-order chi connectivity index (χ1) is 6.27. The van der Waals surface area contributed by atoms with E-state index in [0.717, 1.165) is 13.1 Å². The van der Waals surface area contributed by atoms with Gasteiger partial charge in [0.15, 0.2) is 0 Å². The molecule has 1 unspecified atom stereocenters. The van der Waals surface area contributed by atoms with Gasteiger partial charge in [0, 0.05) is 20.2 Å². The molecule has 2 N–H and O–H groups in total. The fourth-order valence-corrected chi connectivity index (χ4v) is 1.43. The highest BCUT2D eigenvalue weighted by molar-refractivity contribution is 5.87. The van der Waals surface area contributed by atoms with Gasteiger partial charge in [0.2, 0.25) is 5.91 Å². The lowest BCUT2D eigenvalue weighted by molar-refractivity contribution is -0.117. The highest BCUT2D eigenvalue weighted by Crippen LogP contribution is 2.03. The molecule has 0 bridgehead atoms. The van der Waals surface area contributed by atoms with Crippen molar-refractivity contribution in [1.82, 2.24) is 10.6 Å². The third-order valence-corrected chi connectivity index (χ3v) is 2.11. The van der Waals surface area contributed by atoms with Crippen molar-refractivity contribution < 1.29 is 9.53 Å². The quantitative estimate of drug-likeness (QED) is 0.590. The first-order valence-electron chi connectivity index (χ1n) is 4.44. The van der Waals surface area contributed by atoms with Crippen LogP contribution in [0, 0.1) is 0 Å². The Bertz CT molecular complexity index is 204. The third kappa shape index (κ3) is 2.82. The number of carbonyl (C=O) groups is 1. The van der Waals surface area contributed by atoms with Crippen molar-refractivity contribution in [1.29, 1.82) is 0 Å². The zero-order valence-electron chi connectivity index (χ0n) is 8.04. The van der Waals surface area contributed by atoms with Crippen LogP contribution >= 0.6 is 0 Å². The molecule has 1 fully saturated rings. The molecule has 0 aromatic carbocycles. The lowest BCUT2D eigenvalue weighted by Crippen LogP contribution is -2.42. The molecule has 4 nitrogen and oxygen atoms in total. The zero-order chi connectivity index (χ0) is 9.68. The summed E-state index contributed by atoms with van der Waals surface area (Å²) in [4.78, 5) is 11.2. The predicted octanol–water partition coefficient (Wildman–Crippen LogP) is -0.334. The summed E-state index contributed by atoms with van der Waals surface area (Å²) in [5.41, 5.74) is 0. The van der Waals surface area contributed by atoms with Crippen LogP contribution in [0.2, 0.25) is 0 Å². The van der Waals surface area contributed by atoms with Crippen LogP contribution in [0.3, 0.4) is 0 Å². The van der Waals surface area contributed by atoms with Gasteiger partial charge in [-0.1, -0.05) is 6.08 Å². The third-order valence-electron chi connectivity index (χ3n) is 2.11. The van der Waals surface area contributed by atoms with Crippen LogP contribution in [0.15, 0.2) is 12.2 Å². The smallest absolute Gasteiger partial charge is 0.243 e. The number of rotatable bonds is 3. The summed E-state index contributed by atoms with van der Waals surface area (Å²) in [6.07, 6.45) is 3.33. The minimum Gasteiger partial charge on any atom is -0.378 e. The second-order valence-electron chi connectivity index (χ2n) is 3.05. The number of hydrogen-bond acceptors (Lipinski definition) is 3.